The van der Waals surface area contributed by atoms with Gasteiger partial charge in [0.1, 0.15) is 6.04 Å². The van der Waals surface area contributed by atoms with Crippen LogP contribution in [0.1, 0.15) is 31.1 Å². The van der Waals surface area contributed by atoms with E-state index in [9.17, 15) is 9.90 Å². The van der Waals surface area contributed by atoms with Gasteiger partial charge in [0.15, 0.2) is 0 Å². The summed E-state index contributed by atoms with van der Waals surface area (Å²) < 4.78 is 5.54. The molecular formula is C17H27ClN2O3. The number of aryl methyl sites for hydroxylation is 1. The molecule has 1 aliphatic rings. The second kappa shape index (κ2) is 9.23. The van der Waals surface area contributed by atoms with Crippen molar-refractivity contribution in [3.05, 3.63) is 35.4 Å². The average Bonchev–Trinajstić information content (AvgIpc) is 2.53. The summed E-state index contributed by atoms with van der Waals surface area (Å²) in [6.45, 7) is 8.00. The number of benzene rings is 1. The van der Waals surface area contributed by atoms with Gasteiger partial charge in [-0.15, -0.1) is 12.4 Å². The summed E-state index contributed by atoms with van der Waals surface area (Å²) in [5.74, 6) is -0.0131. The van der Waals surface area contributed by atoms with Crippen LogP contribution in [0.2, 0.25) is 0 Å². The van der Waals surface area contributed by atoms with Crippen LogP contribution in [-0.4, -0.2) is 54.3 Å². The van der Waals surface area contributed by atoms with E-state index in [0.29, 0.717) is 26.2 Å². The topological polar surface area (TPSA) is 61.8 Å². The molecule has 1 fully saturated rings. The van der Waals surface area contributed by atoms with E-state index >= 15 is 0 Å². The van der Waals surface area contributed by atoms with Crippen molar-refractivity contribution in [2.75, 3.05) is 26.2 Å². The first-order chi connectivity index (χ1) is 10.5. The predicted molar refractivity (Wildman–Crippen MR) is 92.8 cm³/mol. The maximum atomic E-state index is 12.6. The maximum absolute atomic E-state index is 12.6. The lowest BCUT2D eigenvalue weighted by Crippen LogP contribution is -2.56. The van der Waals surface area contributed by atoms with Gasteiger partial charge in [-0.3, -0.25) is 4.79 Å². The molecule has 2 N–H and O–H groups in total. The summed E-state index contributed by atoms with van der Waals surface area (Å²) >= 11 is 0. The zero-order chi connectivity index (χ0) is 16.1. The lowest BCUT2D eigenvalue weighted by molar-refractivity contribution is -0.140. The van der Waals surface area contributed by atoms with Crippen molar-refractivity contribution in [3.63, 3.8) is 0 Å². The Kier molecular flexibility index (Phi) is 7.99. The Morgan fingerprint density at radius 1 is 1.43 bits per heavy atom. The van der Waals surface area contributed by atoms with Crippen LogP contribution < -0.4 is 5.32 Å². The molecule has 6 heteroatoms. The van der Waals surface area contributed by atoms with Gasteiger partial charge < -0.3 is 20.1 Å². The van der Waals surface area contributed by atoms with E-state index < -0.39 is 6.10 Å². The van der Waals surface area contributed by atoms with E-state index in [1.165, 1.54) is 0 Å². The van der Waals surface area contributed by atoms with E-state index in [0.717, 1.165) is 11.1 Å². The third kappa shape index (κ3) is 5.18. The monoisotopic (exact) mass is 342 g/mol. The SMILES string of the molecule is CCN(CC(O)c1ccc(C)cc1)C(=O)[C@H]1NCCO[C@@H]1C.Cl. The minimum Gasteiger partial charge on any atom is -0.387 e. The Morgan fingerprint density at radius 3 is 2.65 bits per heavy atom. The minimum absolute atomic E-state index is 0. The summed E-state index contributed by atoms with van der Waals surface area (Å²) in [6, 6.07) is 7.41. The van der Waals surface area contributed by atoms with Gasteiger partial charge in [0.25, 0.3) is 0 Å². The molecule has 5 nitrogen and oxygen atoms in total. The lowest BCUT2D eigenvalue weighted by Gasteiger charge is -2.34. The van der Waals surface area contributed by atoms with Gasteiger partial charge in [-0.1, -0.05) is 29.8 Å². The molecule has 23 heavy (non-hydrogen) atoms. The molecule has 0 radical (unpaired) electrons. The van der Waals surface area contributed by atoms with Crippen molar-refractivity contribution in [3.8, 4) is 0 Å². The van der Waals surface area contributed by atoms with Crippen LogP contribution >= 0.6 is 12.4 Å². The van der Waals surface area contributed by atoms with E-state index in [-0.39, 0.29) is 30.5 Å². The number of nitrogens with one attached hydrogen (secondary N) is 1. The zero-order valence-electron chi connectivity index (χ0n) is 14.0. The van der Waals surface area contributed by atoms with E-state index in [1.54, 1.807) is 4.90 Å². The molecule has 1 heterocycles. The Labute approximate surface area is 144 Å². The Balaban J connectivity index is 0.00000264. The molecule has 0 aliphatic carbocycles. The number of ether oxygens (including phenoxy) is 1. The number of amides is 1. The third-order valence-corrected chi connectivity index (χ3v) is 4.13. The summed E-state index contributed by atoms with van der Waals surface area (Å²) in [6.07, 6.45) is -0.823. The maximum Gasteiger partial charge on any atom is 0.242 e. The normalized spacial score (nSPS) is 22.1. The smallest absolute Gasteiger partial charge is 0.242 e. The number of rotatable bonds is 5. The number of carbonyl (C=O) groups is 1. The number of hydrogen-bond donors (Lipinski definition) is 2. The van der Waals surface area contributed by atoms with Gasteiger partial charge in [-0.05, 0) is 26.3 Å². The van der Waals surface area contributed by atoms with Crippen molar-refractivity contribution in [2.45, 2.75) is 39.0 Å². The number of nitrogens with zero attached hydrogens (tertiary/aromatic N) is 1. The van der Waals surface area contributed by atoms with Crippen LogP contribution in [0.5, 0.6) is 0 Å². The highest BCUT2D eigenvalue weighted by Gasteiger charge is 2.32. The van der Waals surface area contributed by atoms with Crippen molar-refractivity contribution in [1.29, 1.82) is 0 Å². The molecule has 3 atom stereocenters. The molecule has 0 bridgehead atoms. The molecule has 130 valence electrons. The highest BCUT2D eigenvalue weighted by atomic mass is 35.5. The van der Waals surface area contributed by atoms with Crippen molar-refractivity contribution in [2.24, 2.45) is 0 Å². The molecule has 0 spiro atoms. The molecule has 1 unspecified atom stereocenters. The minimum atomic E-state index is -0.677. The first-order valence-corrected chi connectivity index (χ1v) is 7.91. The highest BCUT2D eigenvalue weighted by molar-refractivity contribution is 5.85. The standard InChI is InChI=1S/C17H26N2O3.ClH/c1-4-19(17(21)16-13(3)22-10-9-18-16)11-15(20)14-7-5-12(2)6-8-14;/h5-8,13,15-16,18,20H,4,9-11H2,1-3H3;1H/t13-,15?,16+;/m1./s1. The summed E-state index contributed by atoms with van der Waals surface area (Å²) in [4.78, 5) is 14.3. The number of likely N-dealkylation sites (N-methyl/N-ethyl adjacent to an activating group) is 1. The van der Waals surface area contributed by atoms with Crippen LogP contribution in [0, 0.1) is 6.92 Å². The molecule has 2 rings (SSSR count). The van der Waals surface area contributed by atoms with Gasteiger partial charge in [0.05, 0.1) is 25.4 Å². The van der Waals surface area contributed by atoms with Crippen molar-refractivity contribution >= 4 is 18.3 Å². The van der Waals surface area contributed by atoms with Crippen LogP contribution in [0.15, 0.2) is 24.3 Å². The van der Waals surface area contributed by atoms with Crippen molar-refractivity contribution in [1.82, 2.24) is 10.2 Å². The second-order valence-electron chi connectivity index (χ2n) is 5.81. The fraction of sp³-hybridized carbons (Fsp3) is 0.588. The Hall–Kier alpha value is -1.14. The summed E-state index contributed by atoms with van der Waals surface area (Å²) in [7, 11) is 0. The Morgan fingerprint density at radius 2 is 2.09 bits per heavy atom. The summed E-state index contributed by atoms with van der Waals surface area (Å²) in [5.41, 5.74) is 1.98. The first-order valence-electron chi connectivity index (χ1n) is 7.91. The second-order valence-corrected chi connectivity index (χ2v) is 5.81. The van der Waals surface area contributed by atoms with Gasteiger partial charge in [0.2, 0.25) is 5.91 Å². The number of hydrogen-bond acceptors (Lipinski definition) is 4. The predicted octanol–water partition coefficient (Wildman–Crippen LogP) is 1.68. The van der Waals surface area contributed by atoms with Gasteiger partial charge in [-0.2, -0.15) is 0 Å². The number of halogens is 1. The molecule has 0 aromatic heterocycles. The number of carbonyl (C=O) groups excluding carboxylic acids is 1. The van der Waals surface area contributed by atoms with Crippen LogP contribution in [0.25, 0.3) is 0 Å². The van der Waals surface area contributed by atoms with Crippen LogP contribution in [0.3, 0.4) is 0 Å². The van der Waals surface area contributed by atoms with Gasteiger partial charge in [-0.25, -0.2) is 0 Å². The number of aliphatic hydroxyl groups is 1. The fourth-order valence-corrected chi connectivity index (χ4v) is 2.68. The summed E-state index contributed by atoms with van der Waals surface area (Å²) in [5, 5.41) is 13.6. The fourth-order valence-electron chi connectivity index (χ4n) is 2.68. The zero-order valence-corrected chi connectivity index (χ0v) is 14.8. The Bertz CT molecular complexity index is 495. The van der Waals surface area contributed by atoms with Crippen LogP contribution in [-0.2, 0) is 9.53 Å². The molecule has 1 aromatic carbocycles. The molecule has 0 saturated carbocycles. The van der Waals surface area contributed by atoms with Gasteiger partial charge >= 0.3 is 0 Å². The third-order valence-electron chi connectivity index (χ3n) is 4.13. The largest absolute Gasteiger partial charge is 0.387 e. The molecule has 1 aliphatic heterocycles. The molecule has 1 amide bonds. The number of morpholine rings is 1. The molecule has 1 aromatic rings. The first kappa shape index (κ1) is 19.9. The van der Waals surface area contributed by atoms with Gasteiger partial charge in [0, 0.05) is 13.1 Å². The van der Waals surface area contributed by atoms with Crippen LogP contribution in [0.4, 0.5) is 0 Å². The highest BCUT2D eigenvalue weighted by Crippen LogP contribution is 2.16. The van der Waals surface area contributed by atoms with Crippen molar-refractivity contribution < 1.29 is 14.6 Å². The molecule has 1 saturated heterocycles. The quantitative estimate of drug-likeness (QED) is 0.854. The van der Waals surface area contributed by atoms with E-state index in [1.807, 2.05) is 45.0 Å². The van der Waals surface area contributed by atoms with E-state index in [4.69, 9.17) is 4.74 Å². The van der Waals surface area contributed by atoms with E-state index in [2.05, 4.69) is 5.32 Å². The molecular weight excluding hydrogens is 316 g/mol. The number of aliphatic hydroxyl groups excluding tert-OH is 1. The lowest BCUT2D eigenvalue weighted by atomic mass is 10.1. The average molecular weight is 343 g/mol.